The predicted octanol–water partition coefficient (Wildman–Crippen LogP) is 1.18. The molecular formula is C20H26N7S+. The minimum atomic E-state index is 0.803. The molecule has 0 atom stereocenters. The van der Waals surface area contributed by atoms with Crippen molar-refractivity contribution in [3.05, 3.63) is 65.0 Å². The lowest BCUT2D eigenvalue weighted by atomic mass is 10.1. The SMILES string of the molecule is CCn1c(Cc2ccccc2)nn(C[NH+]2CCN(c3ncccn3)CC2)c1=S. The molecule has 8 heteroatoms. The Morgan fingerprint density at radius 1 is 1.04 bits per heavy atom. The quantitative estimate of drug-likeness (QED) is 0.634. The monoisotopic (exact) mass is 396 g/mol. The Labute approximate surface area is 170 Å². The average Bonchev–Trinajstić information content (AvgIpc) is 3.04. The van der Waals surface area contributed by atoms with Gasteiger partial charge >= 0.3 is 0 Å². The first kappa shape index (κ1) is 18.8. The fourth-order valence-electron chi connectivity index (χ4n) is 3.66. The first-order chi connectivity index (χ1) is 13.7. The van der Waals surface area contributed by atoms with Crippen LogP contribution in [0.3, 0.4) is 0 Å². The van der Waals surface area contributed by atoms with Crippen LogP contribution < -0.4 is 9.80 Å². The van der Waals surface area contributed by atoms with E-state index in [-0.39, 0.29) is 0 Å². The summed E-state index contributed by atoms with van der Waals surface area (Å²) in [5.74, 6) is 1.85. The van der Waals surface area contributed by atoms with Crippen molar-refractivity contribution in [2.75, 3.05) is 31.1 Å². The van der Waals surface area contributed by atoms with E-state index < -0.39 is 0 Å². The third-order valence-corrected chi connectivity index (χ3v) is 5.63. The summed E-state index contributed by atoms with van der Waals surface area (Å²) >= 11 is 5.72. The molecule has 0 radical (unpaired) electrons. The summed E-state index contributed by atoms with van der Waals surface area (Å²) in [4.78, 5) is 12.4. The minimum absolute atomic E-state index is 0.803. The van der Waals surface area contributed by atoms with Crippen LogP contribution in [-0.4, -0.2) is 50.5 Å². The molecular weight excluding hydrogens is 370 g/mol. The maximum atomic E-state index is 5.72. The van der Waals surface area contributed by atoms with Gasteiger partial charge in [0.2, 0.25) is 10.7 Å². The van der Waals surface area contributed by atoms with Crippen LogP contribution in [0.15, 0.2) is 48.8 Å². The van der Waals surface area contributed by atoms with Gasteiger partial charge in [-0.2, -0.15) is 9.78 Å². The number of benzene rings is 1. The van der Waals surface area contributed by atoms with Crippen LogP contribution in [0, 0.1) is 4.77 Å². The Morgan fingerprint density at radius 2 is 1.75 bits per heavy atom. The molecule has 3 heterocycles. The van der Waals surface area contributed by atoms with Crippen molar-refractivity contribution < 1.29 is 4.90 Å². The number of nitrogens with one attached hydrogen (secondary N) is 1. The van der Waals surface area contributed by atoms with Gasteiger partial charge in [0.15, 0.2) is 6.67 Å². The largest absolute Gasteiger partial charge is 0.330 e. The van der Waals surface area contributed by atoms with E-state index >= 15 is 0 Å². The fourth-order valence-corrected chi connectivity index (χ4v) is 4.00. The highest BCUT2D eigenvalue weighted by atomic mass is 32.1. The first-order valence-electron chi connectivity index (χ1n) is 9.80. The summed E-state index contributed by atoms with van der Waals surface area (Å²) in [6, 6.07) is 12.3. The van der Waals surface area contributed by atoms with Crippen molar-refractivity contribution >= 4 is 18.2 Å². The smallest absolute Gasteiger partial charge is 0.225 e. The zero-order chi connectivity index (χ0) is 19.3. The van der Waals surface area contributed by atoms with E-state index in [4.69, 9.17) is 17.3 Å². The van der Waals surface area contributed by atoms with Gasteiger partial charge in [-0.1, -0.05) is 30.3 Å². The van der Waals surface area contributed by atoms with Gasteiger partial charge < -0.3 is 14.4 Å². The standard InChI is InChI=1S/C20H25N7S/c1-2-26-18(15-17-7-4-3-5-8-17)23-27(20(26)28)16-24-11-13-25(14-12-24)19-21-9-6-10-22-19/h3-10H,2,11-16H2,1H3/p+1. The molecule has 3 aromatic rings. The van der Waals surface area contributed by atoms with Crippen molar-refractivity contribution in [1.82, 2.24) is 24.3 Å². The molecule has 0 amide bonds. The number of hydrogen-bond donors (Lipinski definition) is 1. The van der Waals surface area contributed by atoms with E-state index in [0.717, 1.165) is 62.4 Å². The van der Waals surface area contributed by atoms with Gasteiger partial charge in [-0.3, -0.25) is 0 Å². The van der Waals surface area contributed by atoms with E-state index in [0.29, 0.717) is 0 Å². The number of anilines is 1. The predicted molar refractivity (Wildman–Crippen MR) is 111 cm³/mol. The lowest BCUT2D eigenvalue weighted by Crippen LogP contribution is -3.14. The number of rotatable bonds is 6. The van der Waals surface area contributed by atoms with Gasteiger partial charge in [-0.25, -0.2) is 9.97 Å². The van der Waals surface area contributed by atoms with Gasteiger partial charge in [-0.15, -0.1) is 0 Å². The van der Waals surface area contributed by atoms with E-state index in [2.05, 4.69) is 50.6 Å². The lowest BCUT2D eigenvalue weighted by Gasteiger charge is -2.31. The molecule has 146 valence electrons. The highest BCUT2D eigenvalue weighted by molar-refractivity contribution is 7.71. The fraction of sp³-hybridized carbons (Fsp3) is 0.400. The summed E-state index contributed by atoms with van der Waals surface area (Å²) < 4.78 is 4.96. The Morgan fingerprint density at radius 3 is 2.43 bits per heavy atom. The third kappa shape index (κ3) is 4.13. The molecule has 28 heavy (non-hydrogen) atoms. The van der Waals surface area contributed by atoms with Gasteiger partial charge in [0.25, 0.3) is 0 Å². The summed E-state index contributed by atoms with van der Waals surface area (Å²) in [5.41, 5.74) is 1.26. The molecule has 1 aromatic carbocycles. The topological polar surface area (TPSA) is 56.2 Å². The number of piperazine rings is 1. The highest BCUT2D eigenvalue weighted by Crippen LogP contribution is 2.09. The summed E-state index contributed by atoms with van der Waals surface area (Å²) in [6.07, 6.45) is 4.40. The first-order valence-corrected chi connectivity index (χ1v) is 10.2. The number of hydrogen-bond acceptors (Lipinski definition) is 5. The van der Waals surface area contributed by atoms with E-state index in [1.165, 1.54) is 10.5 Å². The number of aromatic nitrogens is 5. The summed E-state index contributed by atoms with van der Waals surface area (Å²) in [7, 11) is 0. The molecule has 1 fully saturated rings. The third-order valence-electron chi connectivity index (χ3n) is 5.20. The maximum Gasteiger partial charge on any atom is 0.225 e. The zero-order valence-electron chi connectivity index (χ0n) is 16.2. The maximum absolute atomic E-state index is 5.72. The van der Waals surface area contributed by atoms with Crippen molar-refractivity contribution in [2.24, 2.45) is 0 Å². The minimum Gasteiger partial charge on any atom is -0.330 e. The molecule has 1 aliphatic heterocycles. The average molecular weight is 397 g/mol. The van der Waals surface area contributed by atoms with Crippen LogP contribution >= 0.6 is 12.2 Å². The van der Waals surface area contributed by atoms with E-state index in [1.807, 2.05) is 16.8 Å². The van der Waals surface area contributed by atoms with Gasteiger partial charge in [0.1, 0.15) is 5.82 Å². The Bertz CT molecular complexity index is 944. The molecule has 0 unspecified atom stereocenters. The second kappa shape index (κ2) is 8.62. The second-order valence-corrected chi connectivity index (χ2v) is 7.41. The van der Waals surface area contributed by atoms with Crippen LogP contribution in [0.5, 0.6) is 0 Å². The summed E-state index contributed by atoms with van der Waals surface area (Å²) in [6.45, 7) is 7.70. The Balaban J connectivity index is 1.43. The molecule has 4 rings (SSSR count). The molecule has 1 N–H and O–H groups in total. The van der Waals surface area contributed by atoms with Gasteiger partial charge in [0.05, 0.1) is 26.2 Å². The molecule has 0 saturated carbocycles. The lowest BCUT2D eigenvalue weighted by molar-refractivity contribution is -0.924. The molecule has 0 aliphatic carbocycles. The molecule has 1 aliphatic rings. The number of nitrogens with zero attached hydrogens (tertiary/aromatic N) is 6. The van der Waals surface area contributed by atoms with Crippen LogP contribution in [0.2, 0.25) is 0 Å². The zero-order valence-corrected chi connectivity index (χ0v) is 17.0. The van der Waals surface area contributed by atoms with Crippen LogP contribution in [-0.2, 0) is 19.6 Å². The van der Waals surface area contributed by atoms with E-state index in [9.17, 15) is 0 Å². The Hall–Kier alpha value is -2.58. The van der Waals surface area contributed by atoms with Crippen LogP contribution in [0.1, 0.15) is 18.3 Å². The van der Waals surface area contributed by atoms with Crippen LogP contribution in [0.4, 0.5) is 5.95 Å². The number of quaternary nitrogens is 1. The molecule has 2 aromatic heterocycles. The van der Waals surface area contributed by atoms with Crippen molar-refractivity contribution in [2.45, 2.75) is 26.6 Å². The van der Waals surface area contributed by atoms with Gasteiger partial charge in [-0.05, 0) is 30.8 Å². The highest BCUT2D eigenvalue weighted by Gasteiger charge is 2.23. The Kier molecular flexibility index (Phi) is 5.78. The van der Waals surface area contributed by atoms with Crippen molar-refractivity contribution in [3.63, 3.8) is 0 Å². The van der Waals surface area contributed by atoms with Crippen molar-refractivity contribution in [3.8, 4) is 0 Å². The van der Waals surface area contributed by atoms with Crippen LogP contribution in [0.25, 0.3) is 0 Å². The summed E-state index contributed by atoms with van der Waals surface area (Å²) in [5, 5.41) is 4.86. The molecule has 1 saturated heterocycles. The normalized spacial score (nSPS) is 15.1. The molecule has 0 spiro atoms. The second-order valence-electron chi connectivity index (χ2n) is 7.05. The van der Waals surface area contributed by atoms with Crippen molar-refractivity contribution in [1.29, 1.82) is 0 Å². The van der Waals surface area contributed by atoms with E-state index in [1.54, 1.807) is 12.4 Å². The molecule has 0 bridgehead atoms. The van der Waals surface area contributed by atoms with Gasteiger partial charge in [0, 0.05) is 25.4 Å². The molecule has 7 nitrogen and oxygen atoms in total.